The summed E-state index contributed by atoms with van der Waals surface area (Å²) in [6.07, 6.45) is 0.272. The molecule has 0 heterocycles. The lowest BCUT2D eigenvalue weighted by atomic mass is 9.90. The number of nitrogens with one attached hydrogen (secondary N) is 1. The van der Waals surface area contributed by atoms with Gasteiger partial charge in [0, 0.05) is 26.2 Å². The van der Waals surface area contributed by atoms with Crippen LogP contribution in [0.3, 0.4) is 0 Å². The van der Waals surface area contributed by atoms with Crippen molar-refractivity contribution in [3.05, 3.63) is 42.0 Å². The average molecular weight is 519 g/mol. The number of fused-ring (bicyclic) bond motifs is 1. The van der Waals surface area contributed by atoms with Crippen LogP contribution in [0, 0.1) is 0 Å². The maximum Gasteiger partial charge on any atom is 0.534 e. The molecule has 0 aliphatic carbocycles. The Balaban J connectivity index is 2.43. The first-order valence-corrected chi connectivity index (χ1v) is 11.6. The van der Waals surface area contributed by atoms with E-state index >= 15 is 0 Å². The molecule has 0 atom stereocenters. The fourth-order valence-corrected chi connectivity index (χ4v) is 3.81. The van der Waals surface area contributed by atoms with Gasteiger partial charge in [-0.3, -0.25) is 14.4 Å². The molecule has 1 N–H and O–H groups in total. The Morgan fingerprint density at radius 1 is 0.886 bits per heavy atom. The molecule has 13 heteroatoms. The van der Waals surface area contributed by atoms with Gasteiger partial charge in [-0.15, -0.1) is 0 Å². The topological polar surface area (TPSA) is 125 Å². The highest BCUT2D eigenvalue weighted by Gasteiger charge is 2.48. The van der Waals surface area contributed by atoms with Gasteiger partial charge < -0.3 is 19.0 Å². The highest BCUT2D eigenvalue weighted by Crippen LogP contribution is 2.34. The minimum Gasteiger partial charge on any atom is -0.463 e. The van der Waals surface area contributed by atoms with Crippen molar-refractivity contribution in [2.45, 2.75) is 44.7 Å². The minimum absolute atomic E-state index is 0.0954. The lowest BCUT2D eigenvalue weighted by Crippen LogP contribution is -2.55. The molecule has 9 nitrogen and oxygen atoms in total. The van der Waals surface area contributed by atoms with Gasteiger partial charge in [0.1, 0.15) is 18.8 Å². The van der Waals surface area contributed by atoms with E-state index in [9.17, 15) is 36.0 Å². The van der Waals surface area contributed by atoms with E-state index < -0.39 is 44.8 Å². The maximum atomic E-state index is 12.8. The van der Waals surface area contributed by atoms with Crippen LogP contribution in [-0.4, -0.2) is 50.5 Å². The number of ether oxygens (including phenoxy) is 2. The Hall–Kier alpha value is -3.35. The lowest BCUT2D eigenvalue weighted by molar-refractivity contribution is -0.150. The molecule has 0 bridgehead atoms. The molecular formula is C22H24F3NO8S. The zero-order valence-corrected chi connectivity index (χ0v) is 19.9. The maximum absolute atomic E-state index is 12.8. The van der Waals surface area contributed by atoms with Crippen LogP contribution in [0.4, 0.5) is 13.2 Å². The number of hydrogen-bond donors (Lipinski definition) is 1. The van der Waals surface area contributed by atoms with Crippen LogP contribution in [-0.2, 0) is 40.4 Å². The predicted octanol–water partition coefficient (Wildman–Crippen LogP) is 3.00. The third-order valence-corrected chi connectivity index (χ3v) is 5.84. The Bertz CT molecular complexity index is 1190. The molecule has 0 fully saturated rings. The van der Waals surface area contributed by atoms with E-state index in [2.05, 4.69) is 9.50 Å². The molecule has 0 aliphatic heterocycles. The molecule has 1 amide bonds. The van der Waals surface area contributed by atoms with E-state index in [0.717, 1.165) is 6.07 Å². The van der Waals surface area contributed by atoms with Crippen molar-refractivity contribution >= 4 is 38.7 Å². The van der Waals surface area contributed by atoms with E-state index in [4.69, 9.17) is 9.47 Å². The van der Waals surface area contributed by atoms with Gasteiger partial charge in [-0.1, -0.05) is 30.3 Å². The summed E-state index contributed by atoms with van der Waals surface area (Å²) in [5.74, 6) is -2.23. The minimum atomic E-state index is -5.88. The molecule has 35 heavy (non-hydrogen) atoms. The van der Waals surface area contributed by atoms with E-state index in [1.807, 2.05) is 0 Å². The van der Waals surface area contributed by atoms with Gasteiger partial charge in [0.2, 0.25) is 5.91 Å². The van der Waals surface area contributed by atoms with Crippen molar-refractivity contribution in [3.63, 3.8) is 0 Å². The predicted molar refractivity (Wildman–Crippen MR) is 118 cm³/mol. The normalized spacial score (nSPS) is 12.2. The van der Waals surface area contributed by atoms with Gasteiger partial charge in [-0.05, 0) is 29.9 Å². The van der Waals surface area contributed by atoms with Crippen LogP contribution in [0.1, 0.15) is 32.8 Å². The summed E-state index contributed by atoms with van der Waals surface area (Å²) in [4.78, 5) is 34.7. The largest absolute Gasteiger partial charge is 0.534 e. The monoisotopic (exact) mass is 519 g/mol. The Kier molecular flexibility index (Phi) is 8.71. The van der Waals surface area contributed by atoms with Crippen molar-refractivity contribution in [3.8, 4) is 5.75 Å². The standard InChI is InChI=1S/C22H24F3NO8S/c1-14(27)26-21(12-32-15(2)28,13-33-16(3)29)11-10-17-8-9-20(19-7-5-4-6-18(17)19)34-35(30,31)22(23,24)25/h4-9H,10-13H2,1-3H3,(H,26,27). The third-order valence-electron chi connectivity index (χ3n) is 4.87. The number of hydrogen-bond acceptors (Lipinski definition) is 8. The fourth-order valence-electron chi connectivity index (χ4n) is 3.34. The lowest BCUT2D eigenvalue weighted by Gasteiger charge is -2.33. The van der Waals surface area contributed by atoms with Crippen molar-refractivity contribution in [2.24, 2.45) is 0 Å². The number of carbonyl (C=O) groups excluding carboxylic acids is 3. The number of carbonyl (C=O) groups is 3. The third kappa shape index (κ3) is 7.57. The summed E-state index contributed by atoms with van der Waals surface area (Å²) in [7, 11) is -5.88. The number of alkyl halides is 3. The quantitative estimate of drug-likeness (QED) is 0.289. The van der Waals surface area contributed by atoms with Crippen molar-refractivity contribution in [2.75, 3.05) is 13.2 Å². The van der Waals surface area contributed by atoms with Crippen LogP contribution in [0.15, 0.2) is 36.4 Å². The average Bonchev–Trinajstić information content (AvgIpc) is 2.74. The molecule has 0 aromatic heterocycles. The summed E-state index contributed by atoms with van der Waals surface area (Å²) in [6.45, 7) is 2.96. The van der Waals surface area contributed by atoms with Crippen molar-refractivity contribution in [1.29, 1.82) is 0 Å². The summed E-state index contributed by atoms with van der Waals surface area (Å²) >= 11 is 0. The number of halogens is 3. The SMILES string of the molecule is CC(=O)NC(CCc1ccc(OS(=O)(=O)C(F)(F)F)c2ccccc12)(COC(C)=O)COC(C)=O. The van der Waals surface area contributed by atoms with Crippen LogP contribution in [0.25, 0.3) is 10.8 Å². The number of amides is 1. The van der Waals surface area contributed by atoms with E-state index in [-0.39, 0.29) is 31.4 Å². The first-order valence-electron chi connectivity index (χ1n) is 10.2. The van der Waals surface area contributed by atoms with E-state index in [1.54, 1.807) is 12.1 Å². The summed E-state index contributed by atoms with van der Waals surface area (Å²) in [6, 6.07) is 8.56. The molecule has 2 rings (SSSR count). The second-order valence-corrected chi connectivity index (χ2v) is 9.31. The Morgan fingerprint density at radius 2 is 1.43 bits per heavy atom. The van der Waals surface area contributed by atoms with Gasteiger partial charge in [-0.25, -0.2) is 0 Å². The van der Waals surface area contributed by atoms with E-state index in [1.165, 1.54) is 39.0 Å². The van der Waals surface area contributed by atoms with Crippen molar-refractivity contribution < 1.29 is 49.6 Å². The molecule has 0 saturated heterocycles. The molecule has 0 radical (unpaired) electrons. The zero-order valence-electron chi connectivity index (χ0n) is 19.1. The first-order chi connectivity index (χ1) is 16.2. The van der Waals surface area contributed by atoms with E-state index in [0.29, 0.717) is 10.9 Å². The first kappa shape index (κ1) is 27.9. The second-order valence-electron chi connectivity index (χ2n) is 7.77. The molecule has 0 spiro atoms. The highest BCUT2D eigenvalue weighted by atomic mass is 32.2. The molecule has 2 aromatic carbocycles. The van der Waals surface area contributed by atoms with Gasteiger partial charge in [0.25, 0.3) is 0 Å². The Morgan fingerprint density at radius 3 is 1.91 bits per heavy atom. The summed E-state index contributed by atoms with van der Waals surface area (Å²) in [5.41, 5.74) is -6.32. The number of benzene rings is 2. The van der Waals surface area contributed by atoms with Gasteiger partial charge in [0.15, 0.2) is 5.75 Å². The van der Waals surface area contributed by atoms with Crippen LogP contribution in [0.5, 0.6) is 5.75 Å². The molecular weight excluding hydrogens is 495 g/mol. The van der Waals surface area contributed by atoms with Crippen molar-refractivity contribution in [1.82, 2.24) is 5.32 Å². The van der Waals surface area contributed by atoms with Gasteiger partial charge in [0.05, 0.1) is 0 Å². The van der Waals surface area contributed by atoms with Crippen LogP contribution in [0.2, 0.25) is 0 Å². The highest BCUT2D eigenvalue weighted by molar-refractivity contribution is 7.88. The number of rotatable bonds is 10. The number of esters is 2. The molecule has 192 valence electrons. The fraction of sp³-hybridized carbons (Fsp3) is 0.409. The van der Waals surface area contributed by atoms with Crippen LogP contribution >= 0.6 is 0 Å². The zero-order chi connectivity index (χ0) is 26.4. The van der Waals surface area contributed by atoms with Gasteiger partial charge >= 0.3 is 27.6 Å². The molecule has 0 aliphatic rings. The molecule has 0 unspecified atom stereocenters. The Labute approximate surface area is 199 Å². The number of aryl methyl sites for hydroxylation is 1. The molecule has 0 saturated carbocycles. The van der Waals surface area contributed by atoms with Gasteiger partial charge in [-0.2, -0.15) is 21.6 Å². The smallest absolute Gasteiger partial charge is 0.463 e. The summed E-state index contributed by atoms with van der Waals surface area (Å²) in [5, 5.41) is 3.17. The molecule has 2 aromatic rings. The van der Waals surface area contributed by atoms with Crippen LogP contribution < -0.4 is 9.50 Å². The second kappa shape index (κ2) is 10.9. The summed E-state index contributed by atoms with van der Waals surface area (Å²) < 4.78 is 75.9.